The lowest BCUT2D eigenvalue weighted by atomic mass is 10.1. The van der Waals surface area contributed by atoms with E-state index in [-0.39, 0.29) is 11.9 Å². The van der Waals surface area contributed by atoms with E-state index < -0.39 is 46.8 Å². The highest BCUT2D eigenvalue weighted by Gasteiger charge is 2.28. The van der Waals surface area contributed by atoms with Crippen LogP contribution in [0.25, 0.3) is 22.5 Å². The van der Waals surface area contributed by atoms with Gasteiger partial charge in [0.15, 0.2) is 0 Å². The number of halogens is 1. The summed E-state index contributed by atoms with van der Waals surface area (Å²) in [5.74, 6) is 6.24. The molecule has 0 unspecified atom stereocenters. The molecule has 0 aliphatic rings. The monoisotopic (exact) mass is 925 g/mol. The lowest BCUT2D eigenvalue weighted by Gasteiger charge is -2.22. The number of nitrogens with one attached hydrogen (secondary N) is 2. The van der Waals surface area contributed by atoms with Gasteiger partial charge in [-0.25, -0.2) is 38.3 Å². The maximum atomic E-state index is 13.0. The van der Waals surface area contributed by atoms with E-state index in [1.807, 2.05) is 67.5 Å². The van der Waals surface area contributed by atoms with E-state index in [0.29, 0.717) is 23.5 Å². The molecular formula is C43H56IN7O8. The molecule has 59 heavy (non-hydrogen) atoms. The summed E-state index contributed by atoms with van der Waals surface area (Å²) in [5, 5.41) is 5.07. The highest BCUT2D eigenvalue weighted by Crippen LogP contribution is 2.28. The minimum atomic E-state index is -0.735. The number of anilines is 2. The number of hydrogen-bond acceptors (Lipinski definition) is 11. The summed E-state index contributed by atoms with van der Waals surface area (Å²) in [6.45, 7) is 21.8. The zero-order valence-electron chi connectivity index (χ0n) is 36.4. The van der Waals surface area contributed by atoms with Crippen LogP contribution in [0.1, 0.15) is 88.6 Å². The molecule has 2 N–H and O–H groups in total. The molecule has 2 aromatic heterocycles. The van der Waals surface area contributed by atoms with Gasteiger partial charge in [0.1, 0.15) is 22.4 Å². The Bertz CT molecular complexity index is 2190. The van der Waals surface area contributed by atoms with Crippen LogP contribution in [0.3, 0.4) is 0 Å². The molecule has 0 saturated carbocycles. The molecule has 16 heteroatoms. The van der Waals surface area contributed by atoms with Crippen LogP contribution in [0.5, 0.6) is 0 Å². The van der Waals surface area contributed by atoms with Crippen molar-refractivity contribution >= 4 is 58.9 Å². The first-order valence-electron chi connectivity index (χ1n) is 18.7. The second-order valence-corrected chi connectivity index (χ2v) is 18.7. The molecule has 0 aliphatic heterocycles. The maximum absolute atomic E-state index is 13.0. The summed E-state index contributed by atoms with van der Waals surface area (Å²) < 4.78 is 25.1. The Balaban J connectivity index is 0.000000320. The normalized spacial score (nSPS) is 11.7. The lowest BCUT2D eigenvalue weighted by molar-refractivity contribution is 0.0526. The molecule has 0 aliphatic carbocycles. The topological polar surface area (TPSA) is 168 Å². The van der Waals surface area contributed by atoms with Crippen molar-refractivity contribution in [2.45, 2.75) is 105 Å². The Kier molecular flexibility index (Phi) is 15.9. The van der Waals surface area contributed by atoms with Crippen LogP contribution in [-0.2, 0) is 18.9 Å². The number of imidazole rings is 2. The molecule has 2 amide bonds. The molecule has 0 spiro atoms. The zero-order valence-corrected chi connectivity index (χ0v) is 38.5. The molecule has 0 saturated heterocycles. The standard InChI is InChI=1S/C24H32N4O4.C19H24IN3O4/c1-23(2,3)31-21(29)26-20-25-16-19(28(20)22(30)32-24(4,5)6)18-13-9-11-17(15-18)12-10-14-27(7)8;1-18(2,3)26-16(24)22-15-21-11-14(12-8-7-9-13(20)10-12)23(15)17(25)27-19(4,5)6/h9,11,13,15-16H,14H2,1-8H3,(H,25,26,29);7-11H,1-6H3,(H,21,22,24). The first-order chi connectivity index (χ1) is 27.1. The van der Waals surface area contributed by atoms with E-state index in [0.717, 1.165) is 14.7 Å². The number of hydrogen-bond donors (Lipinski definition) is 2. The lowest BCUT2D eigenvalue weighted by Crippen LogP contribution is -2.31. The highest BCUT2D eigenvalue weighted by molar-refractivity contribution is 14.1. The molecule has 0 atom stereocenters. The van der Waals surface area contributed by atoms with E-state index in [9.17, 15) is 19.2 Å². The quantitative estimate of drug-likeness (QED) is 0.111. The number of amides is 2. The smallest absolute Gasteiger partial charge is 0.421 e. The van der Waals surface area contributed by atoms with Gasteiger partial charge in [-0.2, -0.15) is 0 Å². The van der Waals surface area contributed by atoms with Gasteiger partial charge in [-0.1, -0.05) is 36.1 Å². The molecular weight excluding hydrogens is 869 g/mol. The fourth-order valence-corrected chi connectivity index (χ4v) is 5.31. The van der Waals surface area contributed by atoms with E-state index in [1.54, 1.807) is 83.1 Å². The van der Waals surface area contributed by atoms with Crippen molar-refractivity contribution in [2.24, 2.45) is 0 Å². The van der Waals surface area contributed by atoms with Crippen LogP contribution in [0.2, 0.25) is 0 Å². The number of carbonyl (C=O) groups is 4. The average Bonchev–Trinajstić information content (AvgIpc) is 3.66. The Morgan fingerprint density at radius 1 is 0.644 bits per heavy atom. The Morgan fingerprint density at radius 2 is 1.05 bits per heavy atom. The Labute approximate surface area is 360 Å². The molecule has 0 bridgehead atoms. The third-order valence-corrected chi connectivity index (χ3v) is 7.48. The SMILES string of the molecule is CC(C)(C)OC(=O)Nc1ncc(-c2cccc(I)c2)n1C(=O)OC(C)(C)C.CN(C)CC#Cc1cccc(-c2cnc(NC(=O)OC(C)(C)C)n2C(=O)OC(C)(C)C)c1. The van der Waals surface area contributed by atoms with Crippen molar-refractivity contribution in [3.8, 4) is 34.4 Å². The summed E-state index contributed by atoms with van der Waals surface area (Å²) in [6.07, 6.45) is 0.292. The summed E-state index contributed by atoms with van der Waals surface area (Å²) in [5.41, 5.74) is 0.434. The Hall–Kier alpha value is -5.41. The van der Waals surface area contributed by atoms with Gasteiger partial charge in [0.05, 0.1) is 30.3 Å². The fraction of sp³-hybridized carbons (Fsp3) is 0.442. The van der Waals surface area contributed by atoms with Crippen molar-refractivity contribution in [2.75, 3.05) is 31.3 Å². The van der Waals surface area contributed by atoms with E-state index in [1.165, 1.54) is 21.5 Å². The van der Waals surface area contributed by atoms with Crippen molar-refractivity contribution in [1.29, 1.82) is 0 Å². The number of carbonyl (C=O) groups excluding carboxylic acids is 4. The molecule has 15 nitrogen and oxygen atoms in total. The van der Waals surface area contributed by atoms with Gasteiger partial charge in [0.25, 0.3) is 0 Å². The van der Waals surface area contributed by atoms with Gasteiger partial charge in [-0.05, 0) is 144 Å². The van der Waals surface area contributed by atoms with Gasteiger partial charge in [0, 0.05) is 20.3 Å². The molecule has 2 heterocycles. The fourth-order valence-electron chi connectivity index (χ4n) is 4.77. The predicted octanol–water partition coefficient (Wildman–Crippen LogP) is 9.88. The number of rotatable bonds is 5. The highest BCUT2D eigenvalue weighted by atomic mass is 127. The predicted molar refractivity (Wildman–Crippen MR) is 236 cm³/mol. The molecule has 318 valence electrons. The largest absolute Gasteiger partial charge is 0.444 e. The van der Waals surface area contributed by atoms with Crippen LogP contribution < -0.4 is 10.6 Å². The van der Waals surface area contributed by atoms with Crippen molar-refractivity contribution < 1.29 is 38.1 Å². The first kappa shape index (κ1) is 48.0. The summed E-state index contributed by atoms with van der Waals surface area (Å²) in [6, 6.07) is 15.0. The Morgan fingerprint density at radius 3 is 1.44 bits per heavy atom. The zero-order chi connectivity index (χ0) is 44.5. The number of nitrogens with zero attached hydrogens (tertiary/aromatic N) is 5. The summed E-state index contributed by atoms with van der Waals surface area (Å²) >= 11 is 2.19. The van der Waals surface area contributed by atoms with Gasteiger partial charge >= 0.3 is 24.4 Å². The third-order valence-electron chi connectivity index (χ3n) is 6.81. The van der Waals surface area contributed by atoms with Crippen molar-refractivity contribution in [3.63, 3.8) is 0 Å². The number of benzene rings is 2. The second kappa shape index (κ2) is 19.6. The molecule has 0 radical (unpaired) electrons. The third kappa shape index (κ3) is 16.4. The minimum absolute atomic E-state index is 0.00703. The molecule has 0 fully saturated rings. The van der Waals surface area contributed by atoms with E-state index in [4.69, 9.17) is 18.9 Å². The van der Waals surface area contributed by atoms with Crippen LogP contribution in [-0.4, -0.2) is 91.4 Å². The minimum Gasteiger partial charge on any atom is -0.444 e. The maximum Gasteiger partial charge on any atom is 0.421 e. The number of aromatic nitrogens is 4. The van der Waals surface area contributed by atoms with E-state index in [2.05, 4.69) is 55.0 Å². The molecule has 4 rings (SSSR count). The van der Waals surface area contributed by atoms with Crippen LogP contribution in [0, 0.1) is 15.4 Å². The van der Waals surface area contributed by atoms with Gasteiger partial charge < -0.3 is 18.9 Å². The van der Waals surface area contributed by atoms with Gasteiger partial charge in [-0.3, -0.25) is 15.5 Å². The van der Waals surface area contributed by atoms with E-state index >= 15 is 0 Å². The summed E-state index contributed by atoms with van der Waals surface area (Å²) in [4.78, 5) is 60.7. The second-order valence-electron chi connectivity index (χ2n) is 17.5. The van der Waals surface area contributed by atoms with Crippen molar-refractivity contribution in [1.82, 2.24) is 24.0 Å². The van der Waals surface area contributed by atoms with Crippen LogP contribution in [0.4, 0.5) is 31.1 Å². The molecule has 2 aromatic carbocycles. The van der Waals surface area contributed by atoms with Crippen LogP contribution >= 0.6 is 22.6 Å². The van der Waals surface area contributed by atoms with Gasteiger partial charge in [0.2, 0.25) is 11.9 Å². The van der Waals surface area contributed by atoms with Crippen molar-refractivity contribution in [3.05, 3.63) is 70.1 Å². The van der Waals surface area contributed by atoms with Crippen LogP contribution in [0.15, 0.2) is 60.9 Å². The van der Waals surface area contributed by atoms with Gasteiger partial charge in [-0.15, -0.1) is 0 Å². The number of ether oxygens (including phenoxy) is 4. The first-order valence-corrected chi connectivity index (χ1v) is 19.8. The molecule has 4 aromatic rings. The average molecular weight is 926 g/mol. The summed E-state index contributed by atoms with van der Waals surface area (Å²) in [7, 11) is 3.90.